The highest BCUT2D eigenvalue weighted by Crippen LogP contribution is 2.32. The predicted molar refractivity (Wildman–Crippen MR) is 113 cm³/mol. The highest BCUT2D eigenvalue weighted by molar-refractivity contribution is 7.92. The van der Waals surface area contributed by atoms with Gasteiger partial charge in [0.15, 0.2) is 0 Å². The Balaban J connectivity index is 1.79. The molecule has 0 saturated heterocycles. The first-order chi connectivity index (χ1) is 14.9. The summed E-state index contributed by atoms with van der Waals surface area (Å²) in [5.41, 5.74) is 2.44. The molecule has 4 aromatic rings. The summed E-state index contributed by atoms with van der Waals surface area (Å²) in [6.07, 6.45) is 3.08. The summed E-state index contributed by atoms with van der Waals surface area (Å²) in [6.45, 7) is 0. The fraction of sp³-hybridized carbons (Fsp3) is 0.0455. The van der Waals surface area contributed by atoms with Crippen molar-refractivity contribution in [3.63, 3.8) is 0 Å². The fourth-order valence-electron chi connectivity index (χ4n) is 3.13. The Bertz CT molecular complexity index is 1450. The number of methoxy groups -OCH3 is 1. The van der Waals surface area contributed by atoms with Gasteiger partial charge in [-0.15, -0.1) is 0 Å². The van der Waals surface area contributed by atoms with E-state index >= 15 is 0 Å². The summed E-state index contributed by atoms with van der Waals surface area (Å²) in [5.74, 6) is -0.840. The van der Waals surface area contributed by atoms with E-state index in [9.17, 15) is 18.1 Å². The molecule has 4 rings (SSSR count). The molecule has 31 heavy (non-hydrogen) atoms. The summed E-state index contributed by atoms with van der Waals surface area (Å²) in [5, 5.41) is 10.0. The third kappa shape index (κ3) is 3.89. The van der Waals surface area contributed by atoms with Crippen molar-refractivity contribution in [2.45, 2.75) is 4.90 Å². The maximum Gasteiger partial charge on any atom is 0.264 e. The third-order valence-corrected chi connectivity index (χ3v) is 6.01. The fourth-order valence-corrected chi connectivity index (χ4v) is 4.26. The van der Waals surface area contributed by atoms with Crippen molar-refractivity contribution >= 4 is 26.6 Å². The van der Waals surface area contributed by atoms with Gasteiger partial charge in [0.2, 0.25) is 5.88 Å². The van der Waals surface area contributed by atoms with Crippen LogP contribution in [0.5, 0.6) is 5.88 Å². The van der Waals surface area contributed by atoms with Gasteiger partial charge in [0, 0.05) is 23.3 Å². The Labute approximate surface area is 177 Å². The van der Waals surface area contributed by atoms with Gasteiger partial charge in [-0.25, -0.2) is 17.8 Å². The van der Waals surface area contributed by atoms with Crippen molar-refractivity contribution in [2.75, 3.05) is 11.8 Å². The lowest BCUT2D eigenvalue weighted by Crippen LogP contribution is -2.15. The van der Waals surface area contributed by atoms with Gasteiger partial charge in [0.1, 0.15) is 16.4 Å². The number of nitriles is 1. The van der Waals surface area contributed by atoms with Gasteiger partial charge in [0.25, 0.3) is 10.0 Å². The van der Waals surface area contributed by atoms with E-state index in [4.69, 9.17) is 4.74 Å². The Morgan fingerprint density at radius 2 is 1.87 bits per heavy atom. The first-order valence-electron chi connectivity index (χ1n) is 9.03. The van der Waals surface area contributed by atoms with Crippen LogP contribution in [0.4, 0.5) is 10.1 Å². The lowest BCUT2D eigenvalue weighted by molar-refractivity contribution is 0.400. The highest BCUT2D eigenvalue weighted by Gasteiger charge is 2.21. The van der Waals surface area contributed by atoms with Crippen LogP contribution in [0.25, 0.3) is 22.0 Å². The normalized spacial score (nSPS) is 11.1. The van der Waals surface area contributed by atoms with E-state index in [1.165, 1.54) is 37.6 Å². The van der Waals surface area contributed by atoms with Crippen LogP contribution in [0.1, 0.15) is 5.56 Å². The molecule has 0 bridgehead atoms. The van der Waals surface area contributed by atoms with E-state index in [-0.39, 0.29) is 11.6 Å². The van der Waals surface area contributed by atoms with Crippen molar-refractivity contribution in [2.24, 2.45) is 0 Å². The molecular weight excluding hydrogens is 419 g/mol. The Morgan fingerprint density at radius 3 is 2.61 bits per heavy atom. The van der Waals surface area contributed by atoms with E-state index < -0.39 is 20.7 Å². The molecule has 0 spiro atoms. The molecule has 2 aromatic heterocycles. The molecule has 0 fully saturated rings. The second kappa shape index (κ2) is 8.01. The third-order valence-electron chi connectivity index (χ3n) is 4.61. The molecule has 0 aliphatic carbocycles. The maximum absolute atomic E-state index is 14.0. The molecule has 0 amide bonds. The van der Waals surface area contributed by atoms with Crippen LogP contribution in [0.15, 0.2) is 71.9 Å². The number of anilines is 1. The molecule has 0 saturated carbocycles. The molecule has 2 heterocycles. The van der Waals surface area contributed by atoms with Gasteiger partial charge >= 0.3 is 0 Å². The van der Waals surface area contributed by atoms with E-state index in [1.54, 1.807) is 30.5 Å². The summed E-state index contributed by atoms with van der Waals surface area (Å²) in [6, 6.07) is 15.7. The zero-order valence-electron chi connectivity index (χ0n) is 16.2. The number of aromatic nitrogens is 2. The minimum absolute atomic E-state index is 0.0313. The topological polar surface area (TPSA) is 105 Å². The number of nitrogens with one attached hydrogen (secondary N) is 1. The lowest BCUT2D eigenvalue weighted by Gasteiger charge is -2.13. The zero-order chi connectivity index (χ0) is 22.0. The van der Waals surface area contributed by atoms with Crippen molar-refractivity contribution in [1.29, 1.82) is 5.26 Å². The smallest absolute Gasteiger partial charge is 0.264 e. The van der Waals surface area contributed by atoms with Crippen molar-refractivity contribution in [3.05, 3.63) is 78.4 Å². The number of rotatable bonds is 5. The van der Waals surface area contributed by atoms with Gasteiger partial charge in [-0.3, -0.25) is 9.71 Å². The number of hydrogen-bond acceptors (Lipinski definition) is 6. The number of halogens is 1. The number of nitrogens with zero attached hydrogens (tertiary/aromatic N) is 3. The van der Waals surface area contributed by atoms with E-state index in [0.29, 0.717) is 27.6 Å². The minimum atomic E-state index is -4.22. The Morgan fingerprint density at radius 1 is 1.06 bits per heavy atom. The second-order valence-corrected chi connectivity index (χ2v) is 8.17. The van der Waals surface area contributed by atoms with Crippen molar-refractivity contribution in [1.82, 2.24) is 9.97 Å². The number of pyridine rings is 2. The first-order valence-corrected chi connectivity index (χ1v) is 10.5. The van der Waals surface area contributed by atoms with Crippen molar-refractivity contribution < 1.29 is 17.5 Å². The van der Waals surface area contributed by atoms with Crippen LogP contribution in [0, 0.1) is 17.1 Å². The molecule has 0 aliphatic heterocycles. The summed E-state index contributed by atoms with van der Waals surface area (Å²) >= 11 is 0. The average molecular weight is 434 g/mol. The van der Waals surface area contributed by atoms with E-state index in [1.807, 2.05) is 0 Å². The number of ether oxygens (including phenoxy) is 1. The molecule has 0 unspecified atom stereocenters. The van der Waals surface area contributed by atoms with Gasteiger partial charge < -0.3 is 4.74 Å². The lowest BCUT2D eigenvalue weighted by atomic mass is 10.0. The Kier molecular flexibility index (Phi) is 5.23. The number of benzene rings is 2. The predicted octanol–water partition coefficient (Wildman–Crippen LogP) is 4.12. The van der Waals surface area contributed by atoms with Gasteiger partial charge in [0.05, 0.1) is 24.3 Å². The molecule has 7 nitrogen and oxygen atoms in total. The number of hydrogen-bond donors (Lipinski definition) is 1. The largest absolute Gasteiger partial charge is 0.480 e. The van der Waals surface area contributed by atoms with Crippen LogP contribution >= 0.6 is 0 Å². The quantitative estimate of drug-likeness (QED) is 0.507. The molecule has 2 aromatic carbocycles. The van der Waals surface area contributed by atoms with Crippen LogP contribution < -0.4 is 9.46 Å². The summed E-state index contributed by atoms with van der Waals surface area (Å²) in [7, 11) is -2.87. The molecule has 154 valence electrons. The SMILES string of the molecule is COc1ncc(-c2ccc3nccc(C#N)c3c2)cc1NS(=O)(=O)c1ccccc1F. The standard InChI is InChI=1S/C22H15FN4O3S/c1-30-22-20(27-31(28,29)21-5-3-2-4-18(21)23)11-16(13-26-22)14-6-7-19-17(10-14)15(12-24)8-9-25-19/h2-11,13,27H,1H3. The highest BCUT2D eigenvalue weighted by atomic mass is 32.2. The molecule has 0 radical (unpaired) electrons. The molecule has 1 N–H and O–H groups in total. The monoisotopic (exact) mass is 434 g/mol. The molecule has 0 aliphatic rings. The average Bonchev–Trinajstić information content (AvgIpc) is 2.78. The minimum Gasteiger partial charge on any atom is -0.480 e. The maximum atomic E-state index is 14.0. The molecular formula is C22H15FN4O3S. The zero-order valence-corrected chi connectivity index (χ0v) is 17.0. The number of fused-ring (bicyclic) bond motifs is 1. The van der Waals surface area contributed by atoms with Gasteiger partial charge in [-0.1, -0.05) is 18.2 Å². The first kappa shape index (κ1) is 20.3. The van der Waals surface area contributed by atoms with Crippen LogP contribution in [-0.4, -0.2) is 25.5 Å². The van der Waals surface area contributed by atoms with Crippen LogP contribution in [-0.2, 0) is 10.0 Å². The van der Waals surface area contributed by atoms with Crippen LogP contribution in [0.3, 0.4) is 0 Å². The Hall–Kier alpha value is -4.03. The van der Waals surface area contributed by atoms with Crippen molar-refractivity contribution in [3.8, 4) is 23.1 Å². The van der Waals surface area contributed by atoms with E-state index in [0.717, 1.165) is 6.07 Å². The van der Waals surface area contributed by atoms with Gasteiger partial charge in [-0.2, -0.15) is 5.26 Å². The number of sulfonamides is 1. The molecule has 0 atom stereocenters. The molecule has 9 heteroatoms. The second-order valence-electron chi connectivity index (χ2n) is 6.52. The summed E-state index contributed by atoms with van der Waals surface area (Å²) in [4.78, 5) is 7.93. The summed E-state index contributed by atoms with van der Waals surface area (Å²) < 4.78 is 47.0. The van der Waals surface area contributed by atoms with Gasteiger partial charge in [-0.05, 0) is 42.0 Å². The van der Waals surface area contributed by atoms with Crippen LogP contribution in [0.2, 0.25) is 0 Å². The van der Waals surface area contributed by atoms with E-state index in [2.05, 4.69) is 20.8 Å².